The molecule has 1 heterocycles. The number of carbonyl (C=O) groups is 1. The second kappa shape index (κ2) is 8.70. The number of aliphatic carboxylic acids is 1. The molecule has 3 rings (SSSR count). The van der Waals surface area contributed by atoms with Gasteiger partial charge in [0.25, 0.3) is 0 Å². The second-order valence-electron chi connectivity index (χ2n) is 6.25. The Bertz CT molecular complexity index is 902. The largest absolute Gasteiger partial charge is 0.481 e. The third-order valence-corrected chi connectivity index (χ3v) is 4.75. The highest BCUT2D eigenvalue weighted by atomic mass is 16.5. The molecule has 7 heteroatoms. The summed E-state index contributed by atoms with van der Waals surface area (Å²) in [5.74, 6) is -2.01. The van der Waals surface area contributed by atoms with E-state index in [1.165, 1.54) is 27.4 Å². The lowest BCUT2D eigenvalue weighted by atomic mass is 9.75. The Morgan fingerprint density at radius 2 is 1.31 bits per heavy atom. The Hall–Kier alpha value is -3.45. The van der Waals surface area contributed by atoms with Gasteiger partial charge < -0.3 is 19.3 Å². The van der Waals surface area contributed by atoms with Gasteiger partial charge in [0, 0.05) is 7.11 Å². The average Bonchev–Trinajstić information content (AvgIpc) is 2.77. The smallest absolute Gasteiger partial charge is 0.318 e. The van der Waals surface area contributed by atoms with Gasteiger partial charge in [-0.15, -0.1) is 0 Å². The molecule has 1 atom stereocenters. The third kappa shape index (κ3) is 3.77. The highest BCUT2D eigenvalue weighted by Crippen LogP contribution is 2.45. The Balaban J connectivity index is 2.34. The highest BCUT2D eigenvalue weighted by molar-refractivity contribution is 5.78. The first kappa shape index (κ1) is 20.3. The fourth-order valence-electron chi connectivity index (χ4n) is 3.45. The number of methoxy groups -OCH3 is 3. The molecule has 150 valence electrons. The SMILES string of the molecule is COc1cc(OC)nc([C@@H](C(=O)O)C(OC)(c2ccccc2)c2ccccc2)n1. The van der Waals surface area contributed by atoms with E-state index < -0.39 is 17.5 Å². The zero-order chi connectivity index (χ0) is 20.9. The van der Waals surface area contributed by atoms with Gasteiger partial charge in [-0.05, 0) is 11.1 Å². The summed E-state index contributed by atoms with van der Waals surface area (Å²) in [6.07, 6.45) is 0. The summed E-state index contributed by atoms with van der Waals surface area (Å²) in [5.41, 5.74) is -0.0656. The summed E-state index contributed by atoms with van der Waals surface area (Å²) in [4.78, 5) is 21.2. The molecule has 0 aliphatic carbocycles. The summed E-state index contributed by atoms with van der Waals surface area (Å²) in [6.45, 7) is 0. The van der Waals surface area contributed by atoms with E-state index in [4.69, 9.17) is 14.2 Å². The van der Waals surface area contributed by atoms with Gasteiger partial charge in [-0.3, -0.25) is 4.79 Å². The predicted molar refractivity (Wildman–Crippen MR) is 106 cm³/mol. The molecule has 1 aromatic heterocycles. The molecule has 0 fully saturated rings. The minimum Gasteiger partial charge on any atom is -0.481 e. The van der Waals surface area contributed by atoms with Crippen LogP contribution in [0.1, 0.15) is 22.9 Å². The number of hydrogen-bond donors (Lipinski definition) is 1. The minimum absolute atomic E-state index is 0.0169. The van der Waals surface area contributed by atoms with Crippen molar-refractivity contribution in [3.8, 4) is 11.8 Å². The molecule has 0 spiro atoms. The summed E-state index contributed by atoms with van der Waals surface area (Å²) < 4.78 is 16.4. The molecular formula is C22H22N2O5. The van der Waals surface area contributed by atoms with E-state index in [2.05, 4.69) is 9.97 Å². The van der Waals surface area contributed by atoms with Gasteiger partial charge >= 0.3 is 5.97 Å². The van der Waals surface area contributed by atoms with Gasteiger partial charge in [0.05, 0.1) is 20.3 Å². The molecule has 1 N–H and O–H groups in total. The number of ether oxygens (including phenoxy) is 3. The average molecular weight is 394 g/mol. The van der Waals surface area contributed by atoms with Crippen molar-refractivity contribution in [2.75, 3.05) is 21.3 Å². The Morgan fingerprint density at radius 3 is 1.66 bits per heavy atom. The van der Waals surface area contributed by atoms with E-state index in [0.29, 0.717) is 11.1 Å². The van der Waals surface area contributed by atoms with Crippen LogP contribution >= 0.6 is 0 Å². The first-order valence-corrected chi connectivity index (χ1v) is 8.92. The van der Waals surface area contributed by atoms with Crippen LogP contribution in [-0.4, -0.2) is 42.4 Å². The lowest BCUT2D eigenvalue weighted by Gasteiger charge is -2.37. The molecule has 7 nitrogen and oxygen atoms in total. The van der Waals surface area contributed by atoms with Crippen molar-refractivity contribution in [2.45, 2.75) is 11.5 Å². The lowest BCUT2D eigenvalue weighted by Crippen LogP contribution is -2.42. The van der Waals surface area contributed by atoms with Crippen LogP contribution in [0.3, 0.4) is 0 Å². The molecule has 0 saturated heterocycles. The van der Waals surface area contributed by atoms with Crippen LogP contribution in [0.25, 0.3) is 0 Å². The molecule has 0 aliphatic rings. The van der Waals surface area contributed by atoms with Crippen molar-refractivity contribution in [3.63, 3.8) is 0 Å². The zero-order valence-corrected chi connectivity index (χ0v) is 16.4. The molecule has 0 saturated carbocycles. The van der Waals surface area contributed by atoms with E-state index in [9.17, 15) is 9.90 Å². The molecule has 0 aliphatic heterocycles. The zero-order valence-electron chi connectivity index (χ0n) is 16.4. The van der Waals surface area contributed by atoms with Gasteiger partial charge in [0.1, 0.15) is 5.60 Å². The lowest BCUT2D eigenvalue weighted by molar-refractivity contribution is -0.146. The summed E-state index contributed by atoms with van der Waals surface area (Å²) in [7, 11) is 4.37. The topological polar surface area (TPSA) is 90.8 Å². The first-order chi connectivity index (χ1) is 14.1. The van der Waals surface area contributed by atoms with E-state index in [1.54, 1.807) is 0 Å². The normalized spacial score (nSPS) is 12.2. The Morgan fingerprint density at radius 1 is 0.862 bits per heavy atom. The molecule has 3 aromatic rings. The summed E-state index contributed by atoms with van der Waals surface area (Å²) in [5, 5.41) is 10.3. The molecular weight excluding hydrogens is 372 g/mol. The summed E-state index contributed by atoms with van der Waals surface area (Å²) in [6, 6.07) is 19.8. The number of nitrogens with zero attached hydrogens (tertiary/aromatic N) is 2. The van der Waals surface area contributed by atoms with Crippen LogP contribution in [0.4, 0.5) is 0 Å². The predicted octanol–water partition coefficient (Wildman–Crippen LogP) is 3.25. The second-order valence-corrected chi connectivity index (χ2v) is 6.25. The monoisotopic (exact) mass is 394 g/mol. The van der Waals surface area contributed by atoms with Crippen LogP contribution in [-0.2, 0) is 15.1 Å². The first-order valence-electron chi connectivity index (χ1n) is 8.92. The minimum atomic E-state index is -1.38. The van der Waals surface area contributed by atoms with Crippen LogP contribution in [0.5, 0.6) is 11.8 Å². The maximum Gasteiger partial charge on any atom is 0.318 e. The maximum absolute atomic E-state index is 12.6. The van der Waals surface area contributed by atoms with Crippen molar-refractivity contribution in [2.24, 2.45) is 0 Å². The van der Waals surface area contributed by atoms with Crippen LogP contribution < -0.4 is 9.47 Å². The van der Waals surface area contributed by atoms with Crippen molar-refractivity contribution in [1.82, 2.24) is 9.97 Å². The number of carboxylic acids is 1. The third-order valence-electron chi connectivity index (χ3n) is 4.75. The van der Waals surface area contributed by atoms with Gasteiger partial charge in [-0.2, -0.15) is 9.97 Å². The maximum atomic E-state index is 12.6. The molecule has 0 unspecified atom stereocenters. The van der Waals surface area contributed by atoms with Gasteiger partial charge in [0.2, 0.25) is 11.8 Å². The van der Waals surface area contributed by atoms with Gasteiger partial charge in [0.15, 0.2) is 11.7 Å². The van der Waals surface area contributed by atoms with Crippen molar-refractivity contribution < 1.29 is 24.1 Å². The molecule has 0 radical (unpaired) electrons. The Kier molecular flexibility index (Phi) is 6.09. The van der Waals surface area contributed by atoms with E-state index in [0.717, 1.165) is 0 Å². The number of rotatable bonds is 8. The molecule has 29 heavy (non-hydrogen) atoms. The number of aromatic nitrogens is 2. The van der Waals surface area contributed by atoms with Crippen molar-refractivity contribution >= 4 is 5.97 Å². The fraction of sp³-hybridized carbons (Fsp3) is 0.227. The van der Waals surface area contributed by atoms with Crippen molar-refractivity contribution in [1.29, 1.82) is 0 Å². The fourth-order valence-corrected chi connectivity index (χ4v) is 3.45. The van der Waals surface area contributed by atoms with Gasteiger partial charge in [-0.1, -0.05) is 60.7 Å². The van der Waals surface area contributed by atoms with Crippen LogP contribution in [0.2, 0.25) is 0 Å². The highest BCUT2D eigenvalue weighted by Gasteiger charge is 2.49. The summed E-state index contributed by atoms with van der Waals surface area (Å²) >= 11 is 0. The Labute approximate surface area is 168 Å². The number of carboxylic acid groups (broad SMARTS) is 1. The number of hydrogen-bond acceptors (Lipinski definition) is 6. The van der Waals surface area contributed by atoms with E-state index in [-0.39, 0.29) is 17.6 Å². The van der Waals surface area contributed by atoms with E-state index in [1.807, 2.05) is 60.7 Å². The van der Waals surface area contributed by atoms with E-state index >= 15 is 0 Å². The molecule has 0 bridgehead atoms. The molecule has 0 amide bonds. The quantitative estimate of drug-likeness (QED) is 0.627. The van der Waals surface area contributed by atoms with Crippen LogP contribution in [0.15, 0.2) is 66.7 Å². The van der Waals surface area contributed by atoms with Crippen molar-refractivity contribution in [3.05, 3.63) is 83.7 Å². The number of benzene rings is 2. The standard InChI is InChI=1S/C22H22N2O5/c1-27-17-14-18(28-2)24-20(23-17)19(21(25)26)22(29-3,15-10-6-4-7-11-15)16-12-8-5-9-13-16/h4-14,19H,1-3H3,(H,25,26)/t19-/m0/s1. The van der Waals surface area contributed by atoms with Crippen LogP contribution in [0, 0.1) is 0 Å². The molecule has 2 aromatic carbocycles. The van der Waals surface area contributed by atoms with Gasteiger partial charge in [-0.25, -0.2) is 0 Å².